The number of carboxylic acid groups (broad SMARTS) is 1. The predicted molar refractivity (Wildman–Crippen MR) is 71.5 cm³/mol. The molecular formula is C15H9FO4. The van der Waals surface area contributed by atoms with Gasteiger partial charge in [-0.05, 0) is 18.2 Å². The fourth-order valence-corrected chi connectivity index (χ4v) is 2.18. The fraction of sp³-hybridized carbons (Fsp3) is 0.0667. The number of alkyl halides is 1. The maximum absolute atomic E-state index is 13.8. The Morgan fingerprint density at radius 1 is 1.10 bits per heavy atom. The maximum atomic E-state index is 13.8. The van der Waals surface area contributed by atoms with E-state index in [4.69, 9.17) is 9.52 Å². The van der Waals surface area contributed by atoms with E-state index >= 15 is 0 Å². The summed E-state index contributed by atoms with van der Waals surface area (Å²) in [4.78, 5) is 23.1. The molecule has 0 bridgehead atoms. The molecular weight excluding hydrogens is 263 g/mol. The second-order valence-electron chi connectivity index (χ2n) is 4.35. The van der Waals surface area contributed by atoms with Gasteiger partial charge in [-0.3, -0.25) is 4.79 Å². The summed E-state index contributed by atoms with van der Waals surface area (Å²) in [5.41, 5.74) is -0.180. The Kier molecular flexibility index (Phi) is 2.75. The van der Waals surface area contributed by atoms with Crippen molar-refractivity contribution < 1.29 is 18.7 Å². The molecule has 0 saturated heterocycles. The lowest BCUT2D eigenvalue weighted by atomic mass is 10.1. The number of fused-ring (bicyclic) bond motifs is 2. The molecule has 5 heteroatoms. The van der Waals surface area contributed by atoms with Crippen LogP contribution in [0.25, 0.3) is 21.9 Å². The number of carboxylic acids is 1. The molecule has 1 heterocycles. The van der Waals surface area contributed by atoms with Crippen LogP contribution in [0, 0.1) is 0 Å². The third-order valence-electron chi connectivity index (χ3n) is 3.12. The smallest absolute Gasteiger partial charge is 0.343 e. The van der Waals surface area contributed by atoms with Gasteiger partial charge in [0.15, 0.2) is 0 Å². The normalized spacial score (nSPS) is 12.7. The van der Waals surface area contributed by atoms with Crippen LogP contribution in [0.4, 0.5) is 4.39 Å². The summed E-state index contributed by atoms with van der Waals surface area (Å²) in [6, 6.07) is 10.8. The van der Waals surface area contributed by atoms with Crippen LogP contribution in [0.3, 0.4) is 0 Å². The Morgan fingerprint density at radius 2 is 1.80 bits per heavy atom. The lowest BCUT2D eigenvalue weighted by Gasteiger charge is -2.07. The quantitative estimate of drug-likeness (QED) is 0.728. The first-order valence-electron chi connectivity index (χ1n) is 5.91. The van der Waals surface area contributed by atoms with Gasteiger partial charge in [-0.2, -0.15) is 0 Å². The lowest BCUT2D eigenvalue weighted by molar-refractivity contribution is -0.143. The van der Waals surface area contributed by atoms with E-state index in [2.05, 4.69) is 0 Å². The second kappa shape index (κ2) is 4.45. The first-order valence-corrected chi connectivity index (χ1v) is 5.91. The Hall–Kier alpha value is -2.69. The molecule has 0 saturated carbocycles. The molecule has 20 heavy (non-hydrogen) atoms. The van der Waals surface area contributed by atoms with Crippen LogP contribution in [-0.2, 0) is 4.79 Å². The van der Waals surface area contributed by atoms with Crippen LogP contribution >= 0.6 is 0 Å². The first kappa shape index (κ1) is 12.3. The van der Waals surface area contributed by atoms with Gasteiger partial charge in [-0.1, -0.05) is 24.3 Å². The van der Waals surface area contributed by atoms with E-state index in [1.165, 1.54) is 18.2 Å². The maximum Gasteiger partial charge on any atom is 0.343 e. The zero-order valence-corrected chi connectivity index (χ0v) is 10.2. The number of hydrogen-bond donors (Lipinski definition) is 1. The topological polar surface area (TPSA) is 67.5 Å². The van der Waals surface area contributed by atoms with Crippen molar-refractivity contribution in [3.8, 4) is 0 Å². The molecule has 0 aliphatic carbocycles. The molecule has 0 aliphatic rings. The average molecular weight is 272 g/mol. The number of aliphatic carboxylic acids is 1. The third kappa shape index (κ3) is 1.75. The van der Waals surface area contributed by atoms with E-state index in [0.29, 0.717) is 11.0 Å². The van der Waals surface area contributed by atoms with Crippen molar-refractivity contribution in [1.82, 2.24) is 0 Å². The van der Waals surface area contributed by atoms with Crippen LogP contribution in [0.15, 0.2) is 51.7 Å². The van der Waals surface area contributed by atoms with Gasteiger partial charge in [0.2, 0.25) is 11.6 Å². The number of hydrogen-bond acceptors (Lipinski definition) is 3. The lowest BCUT2D eigenvalue weighted by Crippen LogP contribution is -2.09. The number of halogens is 1. The summed E-state index contributed by atoms with van der Waals surface area (Å²) in [6.45, 7) is 0. The summed E-state index contributed by atoms with van der Waals surface area (Å²) in [5.74, 6) is -1.62. The Labute approximate surface area is 112 Å². The number of carbonyl (C=O) groups is 1. The van der Waals surface area contributed by atoms with Crippen molar-refractivity contribution in [3.63, 3.8) is 0 Å². The van der Waals surface area contributed by atoms with Crippen molar-refractivity contribution in [3.05, 3.63) is 58.3 Å². The molecule has 100 valence electrons. The van der Waals surface area contributed by atoms with Gasteiger partial charge < -0.3 is 9.52 Å². The highest BCUT2D eigenvalue weighted by atomic mass is 19.1. The van der Waals surface area contributed by atoms with E-state index in [1.54, 1.807) is 24.3 Å². The van der Waals surface area contributed by atoms with Gasteiger partial charge in [-0.25, -0.2) is 9.18 Å². The standard InChI is InChI=1S/C15H9FO4/c16-12(15(18)19)9-5-3-6-10-13(17)8-4-1-2-7-11(8)20-14(9)10/h1-7,12H,(H,18,19). The third-order valence-corrected chi connectivity index (χ3v) is 3.12. The van der Waals surface area contributed by atoms with E-state index in [0.717, 1.165) is 0 Å². The van der Waals surface area contributed by atoms with Crippen molar-refractivity contribution in [2.24, 2.45) is 0 Å². The highest BCUT2D eigenvalue weighted by Gasteiger charge is 2.23. The molecule has 2 aromatic carbocycles. The molecule has 0 radical (unpaired) electrons. The molecule has 0 aliphatic heterocycles. The molecule has 0 amide bonds. The van der Waals surface area contributed by atoms with Gasteiger partial charge in [0, 0.05) is 5.56 Å². The summed E-state index contributed by atoms with van der Waals surface area (Å²) in [6.07, 6.45) is -2.23. The van der Waals surface area contributed by atoms with Crippen molar-refractivity contribution in [1.29, 1.82) is 0 Å². The van der Waals surface area contributed by atoms with Gasteiger partial charge in [0.05, 0.1) is 10.8 Å². The molecule has 1 unspecified atom stereocenters. The molecule has 1 N–H and O–H groups in total. The van der Waals surface area contributed by atoms with Gasteiger partial charge >= 0.3 is 5.97 Å². The molecule has 3 aromatic rings. The number of benzene rings is 2. The van der Waals surface area contributed by atoms with E-state index in [1.807, 2.05) is 0 Å². The largest absolute Gasteiger partial charge is 0.479 e. The number of rotatable bonds is 2. The molecule has 0 fully saturated rings. The minimum absolute atomic E-state index is 0.0221. The SMILES string of the molecule is O=C(O)C(F)c1cccc2c(=O)c3ccccc3oc12. The Balaban J connectivity index is 2.46. The fourth-order valence-electron chi connectivity index (χ4n) is 2.18. The Bertz CT molecular complexity index is 882. The summed E-state index contributed by atoms with van der Waals surface area (Å²) in [5, 5.41) is 9.33. The highest BCUT2D eigenvalue weighted by Crippen LogP contribution is 2.28. The van der Waals surface area contributed by atoms with Crippen LogP contribution < -0.4 is 5.43 Å². The summed E-state index contributed by atoms with van der Waals surface area (Å²) in [7, 11) is 0. The molecule has 1 atom stereocenters. The van der Waals surface area contributed by atoms with Crippen molar-refractivity contribution in [2.75, 3.05) is 0 Å². The number of para-hydroxylation sites is 2. The zero-order chi connectivity index (χ0) is 14.3. The first-order chi connectivity index (χ1) is 9.59. The highest BCUT2D eigenvalue weighted by molar-refractivity contribution is 5.93. The van der Waals surface area contributed by atoms with Gasteiger partial charge in [-0.15, -0.1) is 0 Å². The predicted octanol–water partition coefficient (Wildman–Crippen LogP) is 3.04. The van der Waals surface area contributed by atoms with Crippen LogP contribution in [0.5, 0.6) is 0 Å². The molecule has 0 spiro atoms. The molecule has 3 rings (SSSR count). The molecule has 1 aromatic heterocycles. The Morgan fingerprint density at radius 3 is 2.55 bits per heavy atom. The van der Waals surface area contributed by atoms with E-state index in [9.17, 15) is 14.0 Å². The summed E-state index contributed by atoms with van der Waals surface area (Å²) < 4.78 is 19.3. The molecule has 4 nitrogen and oxygen atoms in total. The van der Waals surface area contributed by atoms with E-state index in [-0.39, 0.29) is 22.0 Å². The summed E-state index contributed by atoms with van der Waals surface area (Å²) >= 11 is 0. The van der Waals surface area contributed by atoms with Crippen LogP contribution in [0.1, 0.15) is 11.7 Å². The minimum atomic E-state index is -2.23. The van der Waals surface area contributed by atoms with Crippen LogP contribution in [-0.4, -0.2) is 11.1 Å². The average Bonchev–Trinajstić information content (AvgIpc) is 2.46. The second-order valence-corrected chi connectivity index (χ2v) is 4.35. The van der Waals surface area contributed by atoms with Crippen LogP contribution in [0.2, 0.25) is 0 Å². The zero-order valence-electron chi connectivity index (χ0n) is 10.2. The van der Waals surface area contributed by atoms with Crippen molar-refractivity contribution >= 4 is 27.9 Å². The van der Waals surface area contributed by atoms with Gasteiger partial charge in [0.1, 0.15) is 11.2 Å². The van der Waals surface area contributed by atoms with Crippen molar-refractivity contribution in [2.45, 2.75) is 6.17 Å². The van der Waals surface area contributed by atoms with Gasteiger partial charge in [0.25, 0.3) is 0 Å². The van der Waals surface area contributed by atoms with E-state index < -0.39 is 12.1 Å². The minimum Gasteiger partial charge on any atom is -0.479 e. The monoisotopic (exact) mass is 272 g/mol.